The Balaban J connectivity index is 2.68. The number of rotatable bonds is 6. The van der Waals surface area contributed by atoms with Gasteiger partial charge in [0.05, 0.1) is 0 Å². The molecule has 0 aliphatic carbocycles. The van der Waals surface area contributed by atoms with Gasteiger partial charge in [-0.15, -0.1) is 0 Å². The molecule has 6 heteroatoms. The van der Waals surface area contributed by atoms with Crippen molar-refractivity contribution in [3.63, 3.8) is 0 Å². The molecule has 0 aromatic carbocycles. The van der Waals surface area contributed by atoms with Crippen LogP contribution in [0.3, 0.4) is 0 Å². The molecule has 0 radical (unpaired) electrons. The van der Waals surface area contributed by atoms with Gasteiger partial charge in [0, 0.05) is 0 Å². The number of carboxylic acid groups (broad SMARTS) is 2. The smallest absolute Gasteiger partial charge is 0.371 e. The minimum absolute atomic E-state index is 0.234. The van der Waals surface area contributed by atoms with Crippen LogP contribution in [0.5, 0.6) is 0 Å². The summed E-state index contributed by atoms with van der Waals surface area (Å²) < 4.78 is 0. The Morgan fingerprint density at radius 1 is 1.36 bits per heavy atom. The standard InChI is InChI=1S/C8H12O6/c1-2-3-4-5(6(9)10)8(7(11)12)13-14-8/h5H,2-4H2,1H3,(H,9,10)(H,11,12). The van der Waals surface area contributed by atoms with E-state index < -0.39 is 23.6 Å². The molecule has 0 amide bonds. The molecule has 0 aromatic rings. The molecule has 1 rings (SSSR count). The number of unbranched alkanes of at least 4 members (excludes halogenated alkanes) is 1. The van der Waals surface area contributed by atoms with E-state index in [2.05, 4.69) is 9.78 Å². The quantitative estimate of drug-likeness (QED) is 0.486. The third-order valence-electron chi connectivity index (χ3n) is 2.16. The predicted molar refractivity (Wildman–Crippen MR) is 43.2 cm³/mol. The van der Waals surface area contributed by atoms with Crippen molar-refractivity contribution in [1.29, 1.82) is 0 Å². The molecule has 1 atom stereocenters. The van der Waals surface area contributed by atoms with Crippen molar-refractivity contribution in [1.82, 2.24) is 0 Å². The highest BCUT2D eigenvalue weighted by Gasteiger charge is 2.65. The first kappa shape index (κ1) is 10.9. The van der Waals surface area contributed by atoms with Crippen molar-refractivity contribution in [2.24, 2.45) is 5.92 Å². The van der Waals surface area contributed by atoms with Crippen LogP contribution in [0.4, 0.5) is 0 Å². The van der Waals surface area contributed by atoms with E-state index in [1.54, 1.807) is 0 Å². The highest BCUT2D eigenvalue weighted by molar-refractivity contribution is 5.85. The van der Waals surface area contributed by atoms with E-state index in [1.807, 2.05) is 6.92 Å². The van der Waals surface area contributed by atoms with Crippen molar-refractivity contribution in [3.8, 4) is 0 Å². The van der Waals surface area contributed by atoms with Gasteiger partial charge in [0.15, 0.2) is 0 Å². The fourth-order valence-corrected chi connectivity index (χ4v) is 1.27. The molecule has 1 unspecified atom stereocenters. The molecule has 1 fully saturated rings. The second-order valence-corrected chi connectivity index (χ2v) is 3.17. The Morgan fingerprint density at radius 3 is 2.21 bits per heavy atom. The minimum atomic E-state index is -1.94. The van der Waals surface area contributed by atoms with E-state index in [9.17, 15) is 9.59 Å². The fourth-order valence-electron chi connectivity index (χ4n) is 1.27. The van der Waals surface area contributed by atoms with E-state index in [1.165, 1.54) is 0 Å². The summed E-state index contributed by atoms with van der Waals surface area (Å²) >= 11 is 0. The van der Waals surface area contributed by atoms with Gasteiger partial charge < -0.3 is 10.2 Å². The van der Waals surface area contributed by atoms with Gasteiger partial charge in [-0.25, -0.2) is 4.79 Å². The molecule has 0 spiro atoms. The molecule has 2 N–H and O–H groups in total. The van der Waals surface area contributed by atoms with Crippen LogP contribution in [-0.2, 0) is 19.4 Å². The van der Waals surface area contributed by atoms with Crippen LogP contribution in [0.25, 0.3) is 0 Å². The molecule has 6 nitrogen and oxygen atoms in total. The van der Waals surface area contributed by atoms with E-state index in [-0.39, 0.29) is 6.42 Å². The number of carboxylic acids is 2. The topological polar surface area (TPSA) is 99.7 Å². The first-order valence-electron chi connectivity index (χ1n) is 4.37. The Hall–Kier alpha value is -1.14. The van der Waals surface area contributed by atoms with Gasteiger partial charge in [-0.05, 0) is 6.42 Å². The third kappa shape index (κ3) is 1.85. The Labute approximate surface area is 80.4 Å². The summed E-state index contributed by atoms with van der Waals surface area (Å²) in [5.41, 5.74) is 0. The van der Waals surface area contributed by atoms with Gasteiger partial charge >= 0.3 is 17.7 Å². The molecule has 1 aliphatic rings. The molecule has 80 valence electrons. The summed E-state index contributed by atoms with van der Waals surface area (Å²) in [6.07, 6.45) is 1.65. The average molecular weight is 204 g/mol. The zero-order valence-corrected chi connectivity index (χ0v) is 7.73. The highest BCUT2D eigenvalue weighted by Crippen LogP contribution is 2.40. The second kappa shape index (κ2) is 3.93. The summed E-state index contributed by atoms with van der Waals surface area (Å²) in [4.78, 5) is 30.0. The third-order valence-corrected chi connectivity index (χ3v) is 2.16. The minimum Gasteiger partial charge on any atom is -0.481 e. The van der Waals surface area contributed by atoms with Crippen LogP contribution in [0.1, 0.15) is 26.2 Å². The van der Waals surface area contributed by atoms with E-state index >= 15 is 0 Å². The summed E-state index contributed by atoms with van der Waals surface area (Å²) in [6, 6.07) is 0. The molecule has 1 heterocycles. The zero-order chi connectivity index (χ0) is 10.8. The van der Waals surface area contributed by atoms with Gasteiger partial charge in [-0.1, -0.05) is 19.8 Å². The maximum atomic E-state index is 10.8. The molecule has 1 aliphatic heterocycles. The summed E-state index contributed by atoms with van der Waals surface area (Å²) in [7, 11) is 0. The molecular weight excluding hydrogens is 192 g/mol. The van der Waals surface area contributed by atoms with Crippen LogP contribution >= 0.6 is 0 Å². The molecule has 14 heavy (non-hydrogen) atoms. The molecular formula is C8H12O6. The molecule has 1 saturated heterocycles. The first-order chi connectivity index (χ1) is 6.54. The van der Waals surface area contributed by atoms with Crippen molar-refractivity contribution in [3.05, 3.63) is 0 Å². The zero-order valence-electron chi connectivity index (χ0n) is 7.73. The summed E-state index contributed by atoms with van der Waals surface area (Å²) in [5.74, 6) is -5.68. The SMILES string of the molecule is CCCCC(C(=O)O)C1(C(=O)O)OO1. The van der Waals surface area contributed by atoms with Gasteiger partial charge in [0.1, 0.15) is 5.92 Å². The molecule has 0 saturated carbocycles. The number of hydrogen-bond donors (Lipinski definition) is 2. The predicted octanol–water partition coefficient (Wildman–Crippen LogP) is 0.620. The summed E-state index contributed by atoms with van der Waals surface area (Å²) in [6.45, 7) is 1.89. The Bertz CT molecular complexity index is 244. The van der Waals surface area contributed by atoms with Gasteiger partial charge in [-0.2, -0.15) is 9.78 Å². The van der Waals surface area contributed by atoms with Gasteiger partial charge in [0.2, 0.25) is 0 Å². The van der Waals surface area contributed by atoms with Gasteiger partial charge in [0.25, 0.3) is 0 Å². The largest absolute Gasteiger partial charge is 0.481 e. The van der Waals surface area contributed by atoms with Crippen molar-refractivity contribution in [2.45, 2.75) is 32.0 Å². The lowest BCUT2D eigenvalue weighted by atomic mass is 9.94. The van der Waals surface area contributed by atoms with Crippen LogP contribution in [0.2, 0.25) is 0 Å². The average Bonchev–Trinajstić information content (AvgIpc) is 2.85. The number of hydrogen-bond acceptors (Lipinski definition) is 4. The lowest BCUT2D eigenvalue weighted by Gasteiger charge is -2.11. The van der Waals surface area contributed by atoms with Crippen molar-refractivity contribution in [2.75, 3.05) is 0 Å². The van der Waals surface area contributed by atoms with E-state index in [0.717, 1.165) is 6.42 Å². The summed E-state index contributed by atoms with van der Waals surface area (Å²) in [5, 5.41) is 17.5. The maximum absolute atomic E-state index is 10.8. The van der Waals surface area contributed by atoms with Gasteiger partial charge in [-0.3, -0.25) is 4.79 Å². The first-order valence-corrected chi connectivity index (χ1v) is 4.37. The lowest BCUT2D eigenvalue weighted by Crippen LogP contribution is -2.38. The van der Waals surface area contributed by atoms with Crippen molar-refractivity contribution >= 4 is 11.9 Å². The molecule has 0 aromatic heterocycles. The fraction of sp³-hybridized carbons (Fsp3) is 0.750. The van der Waals surface area contributed by atoms with E-state index in [0.29, 0.717) is 6.42 Å². The van der Waals surface area contributed by atoms with Crippen LogP contribution < -0.4 is 0 Å². The van der Waals surface area contributed by atoms with Crippen LogP contribution in [-0.4, -0.2) is 27.9 Å². The molecule has 0 bridgehead atoms. The normalized spacial score (nSPS) is 20.1. The Kier molecular flexibility index (Phi) is 3.07. The number of carbonyl (C=O) groups is 2. The Morgan fingerprint density at radius 2 is 1.93 bits per heavy atom. The maximum Gasteiger partial charge on any atom is 0.371 e. The van der Waals surface area contributed by atoms with E-state index in [4.69, 9.17) is 10.2 Å². The number of aliphatic carboxylic acids is 2. The van der Waals surface area contributed by atoms with Crippen molar-refractivity contribution < 1.29 is 29.6 Å². The second-order valence-electron chi connectivity index (χ2n) is 3.17. The highest BCUT2D eigenvalue weighted by atomic mass is 17.4. The van der Waals surface area contributed by atoms with Crippen LogP contribution in [0.15, 0.2) is 0 Å². The monoisotopic (exact) mass is 204 g/mol. The lowest BCUT2D eigenvalue weighted by molar-refractivity contribution is -0.157. The van der Waals surface area contributed by atoms with Crippen LogP contribution in [0, 0.1) is 5.92 Å².